The normalized spacial score (nSPS) is 24.8. The highest BCUT2D eigenvalue weighted by Crippen LogP contribution is 2.38. The van der Waals surface area contributed by atoms with Crippen LogP contribution in [0.5, 0.6) is 0 Å². The van der Waals surface area contributed by atoms with Crippen molar-refractivity contribution in [3.05, 3.63) is 14.9 Å². The maximum atomic E-state index is 12.5. The van der Waals surface area contributed by atoms with Gasteiger partial charge in [0.2, 0.25) is 0 Å². The Balaban J connectivity index is 2.42. The number of nitrogens with zero attached hydrogens (tertiary/aromatic N) is 1. The molecular weight excluding hydrogens is 378 g/mol. The molecule has 0 radical (unpaired) electrons. The van der Waals surface area contributed by atoms with Gasteiger partial charge in [0.15, 0.2) is 0 Å². The molecule has 1 N–H and O–H groups in total. The van der Waals surface area contributed by atoms with Crippen LogP contribution >= 0.6 is 38.9 Å². The quantitative estimate of drug-likeness (QED) is 0.864. The fourth-order valence-corrected chi connectivity index (χ4v) is 6.34. The van der Waals surface area contributed by atoms with Crippen molar-refractivity contribution in [3.8, 4) is 0 Å². The van der Waals surface area contributed by atoms with Gasteiger partial charge in [0.25, 0.3) is 10.0 Å². The topological polar surface area (TPSA) is 74.7 Å². The standard InChI is InChI=1S/C10H11BrClNO4S2/c1-5-2-3-13(8(5)10(14)15)19(16,17)7-4-6(12)9(11)18-7/h4-5,8H,2-3H2,1H3,(H,14,15). The Morgan fingerprint density at radius 2 is 2.26 bits per heavy atom. The summed E-state index contributed by atoms with van der Waals surface area (Å²) in [5.74, 6) is -1.32. The predicted molar refractivity (Wildman–Crippen MR) is 76.1 cm³/mol. The fraction of sp³-hybridized carbons (Fsp3) is 0.500. The summed E-state index contributed by atoms with van der Waals surface area (Å²) in [7, 11) is -3.81. The molecule has 0 aromatic carbocycles. The molecule has 1 aliphatic heterocycles. The molecule has 0 amide bonds. The molecule has 2 rings (SSSR count). The van der Waals surface area contributed by atoms with Crippen molar-refractivity contribution in [1.82, 2.24) is 4.31 Å². The van der Waals surface area contributed by atoms with E-state index in [0.29, 0.717) is 15.2 Å². The van der Waals surface area contributed by atoms with Gasteiger partial charge in [0.05, 0.1) is 8.81 Å². The highest BCUT2D eigenvalue weighted by molar-refractivity contribution is 9.11. The Bertz CT molecular complexity index is 596. The van der Waals surface area contributed by atoms with Gasteiger partial charge in [-0.3, -0.25) is 4.79 Å². The summed E-state index contributed by atoms with van der Waals surface area (Å²) < 4.78 is 26.5. The van der Waals surface area contributed by atoms with E-state index in [-0.39, 0.29) is 16.7 Å². The van der Waals surface area contributed by atoms with E-state index in [4.69, 9.17) is 11.6 Å². The van der Waals surface area contributed by atoms with Crippen molar-refractivity contribution in [2.75, 3.05) is 6.54 Å². The lowest BCUT2D eigenvalue weighted by Crippen LogP contribution is -2.42. The van der Waals surface area contributed by atoms with Gasteiger partial charge >= 0.3 is 5.97 Å². The van der Waals surface area contributed by atoms with Crippen LogP contribution in [0.4, 0.5) is 0 Å². The molecule has 0 spiro atoms. The monoisotopic (exact) mass is 387 g/mol. The average Bonchev–Trinajstić information content (AvgIpc) is 2.84. The van der Waals surface area contributed by atoms with E-state index in [1.54, 1.807) is 6.92 Å². The van der Waals surface area contributed by atoms with E-state index in [0.717, 1.165) is 15.6 Å². The predicted octanol–water partition coefficient (Wildman–Crippen LogP) is 2.65. The molecule has 5 nitrogen and oxygen atoms in total. The number of halogens is 2. The van der Waals surface area contributed by atoms with Crippen LogP contribution in [-0.2, 0) is 14.8 Å². The van der Waals surface area contributed by atoms with Crippen LogP contribution in [0.25, 0.3) is 0 Å². The second kappa shape index (κ2) is 5.33. The summed E-state index contributed by atoms with van der Waals surface area (Å²) in [5, 5.41) is 9.49. The molecule has 1 saturated heterocycles. The van der Waals surface area contributed by atoms with Crippen LogP contribution in [0.2, 0.25) is 5.02 Å². The summed E-state index contributed by atoms with van der Waals surface area (Å²) >= 11 is 9.98. The summed E-state index contributed by atoms with van der Waals surface area (Å²) in [6, 6.07) is 0.331. The lowest BCUT2D eigenvalue weighted by molar-refractivity contribution is -0.141. The minimum absolute atomic E-state index is 0.0599. The molecule has 2 heterocycles. The second-order valence-electron chi connectivity index (χ2n) is 4.35. The summed E-state index contributed by atoms with van der Waals surface area (Å²) in [6.07, 6.45) is 0.538. The van der Waals surface area contributed by atoms with Crippen molar-refractivity contribution < 1.29 is 18.3 Å². The van der Waals surface area contributed by atoms with Crippen molar-refractivity contribution in [3.63, 3.8) is 0 Å². The zero-order chi connectivity index (χ0) is 14.4. The zero-order valence-corrected chi connectivity index (χ0v) is 13.8. The minimum Gasteiger partial charge on any atom is -0.480 e. The first-order valence-corrected chi connectivity index (χ1v) is 8.87. The molecule has 1 aromatic heterocycles. The van der Waals surface area contributed by atoms with Gasteiger partial charge in [-0.15, -0.1) is 11.3 Å². The molecule has 1 fully saturated rings. The smallest absolute Gasteiger partial charge is 0.322 e. The summed E-state index contributed by atoms with van der Waals surface area (Å²) in [6.45, 7) is 1.96. The third kappa shape index (κ3) is 2.69. The zero-order valence-electron chi connectivity index (χ0n) is 9.84. The van der Waals surface area contributed by atoms with Gasteiger partial charge < -0.3 is 5.11 Å². The molecule has 1 aromatic rings. The van der Waals surface area contributed by atoms with E-state index in [9.17, 15) is 18.3 Å². The average molecular weight is 389 g/mol. The van der Waals surface area contributed by atoms with Gasteiger partial charge in [-0.1, -0.05) is 18.5 Å². The maximum absolute atomic E-state index is 12.5. The van der Waals surface area contributed by atoms with Gasteiger partial charge in [-0.2, -0.15) is 4.31 Å². The van der Waals surface area contributed by atoms with E-state index in [1.165, 1.54) is 6.07 Å². The lowest BCUT2D eigenvalue weighted by atomic mass is 10.0. The van der Waals surface area contributed by atoms with Crippen LogP contribution < -0.4 is 0 Å². The Kier molecular flexibility index (Phi) is 4.27. The SMILES string of the molecule is CC1CCN(S(=O)(=O)c2cc(Cl)c(Br)s2)C1C(=O)O. The van der Waals surface area contributed by atoms with E-state index < -0.39 is 22.0 Å². The van der Waals surface area contributed by atoms with Crippen LogP contribution in [-0.4, -0.2) is 36.4 Å². The largest absolute Gasteiger partial charge is 0.480 e. The molecule has 106 valence electrons. The number of carboxylic acids is 1. The second-order valence-corrected chi connectivity index (χ2v) is 9.25. The molecule has 19 heavy (non-hydrogen) atoms. The number of carbonyl (C=O) groups is 1. The Morgan fingerprint density at radius 3 is 2.74 bits per heavy atom. The molecule has 0 saturated carbocycles. The Hall–Kier alpha value is -0.150. The van der Waals surface area contributed by atoms with E-state index >= 15 is 0 Å². The number of rotatable bonds is 3. The highest BCUT2D eigenvalue weighted by atomic mass is 79.9. The first-order valence-electron chi connectivity index (χ1n) is 5.44. The number of aliphatic carboxylic acids is 1. The van der Waals surface area contributed by atoms with Crippen molar-refractivity contribution >= 4 is 54.9 Å². The van der Waals surface area contributed by atoms with Gasteiger partial charge in [0.1, 0.15) is 10.3 Å². The highest BCUT2D eigenvalue weighted by Gasteiger charge is 2.44. The summed E-state index contributed by atoms with van der Waals surface area (Å²) in [4.78, 5) is 11.2. The van der Waals surface area contributed by atoms with E-state index in [2.05, 4.69) is 15.9 Å². The van der Waals surface area contributed by atoms with Crippen LogP contribution in [0.1, 0.15) is 13.3 Å². The molecule has 9 heteroatoms. The van der Waals surface area contributed by atoms with Crippen LogP contribution in [0, 0.1) is 5.92 Å². The lowest BCUT2D eigenvalue weighted by Gasteiger charge is -2.21. The molecule has 2 unspecified atom stereocenters. The van der Waals surface area contributed by atoms with Crippen molar-refractivity contribution in [1.29, 1.82) is 0 Å². The Labute approximate surface area is 128 Å². The number of hydrogen-bond acceptors (Lipinski definition) is 4. The minimum atomic E-state index is -3.81. The first kappa shape index (κ1) is 15.2. The van der Waals surface area contributed by atoms with Crippen molar-refractivity contribution in [2.24, 2.45) is 5.92 Å². The van der Waals surface area contributed by atoms with Crippen LogP contribution in [0.3, 0.4) is 0 Å². The number of hydrogen-bond donors (Lipinski definition) is 1. The van der Waals surface area contributed by atoms with Crippen LogP contribution in [0.15, 0.2) is 14.1 Å². The Morgan fingerprint density at radius 1 is 1.63 bits per heavy atom. The summed E-state index contributed by atoms with van der Waals surface area (Å²) in [5.41, 5.74) is 0. The first-order chi connectivity index (χ1) is 8.75. The van der Waals surface area contributed by atoms with E-state index in [1.807, 2.05) is 0 Å². The molecular formula is C10H11BrClNO4S2. The molecule has 0 aliphatic carbocycles. The maximum Gasteiger partial charge on any atom is 0.322 e. The number of sulfonamides is 1. The number of carboxylic acid groups (broad SMARTS) is 1. The van der Waals surface area contributed by atoms with Crippen molar-refractivity contribution in [2.45, 2.75) is 23.6 Å². The third-order valence-corrected chi connectivity index (χ3v) is 7.90. The molecule has 2 atom stereocenters. The molecule has 0 bridgehead atoms. The third-order valence-electron chi connectivity index (χ3n) is 3.09. The molecule has 1 aliphatic rings. The van der Waals surface area contributed by atoms with Gasteiger partial charge in [-0.25, -0.2) is 8.42 Å². The number of thiophene rings is 1. The van der Waals surface area contributed by atoms with Gasteiger partial charge in [-0.05, 0) is 34.3 Å². The fourth-order valence-electron chi connectivity index (χ4n) is 2.12. The van der Waals surface area contributed by atoms with Gasteiger partial charge in [0, 0.05) is 6.54 Å².